The lowest BCUT2D eigenvalue weighted by molar-refractivity contribution is 0.0935. The number of rotatable bonds is 1. The van der Waals surface area contributed by atoms with Crippen LogP contribution in [0.1, 0.15) is 16.2 Å². The Morgan fingerprint density at radius 2 is 2.38 bits per heavy atom. The van der Waals surface area contributed by atoms with Crippen LogP contribution in [0.25, 0.3) is 0 Å². The molecule has 1 aromatic heterocycles. The molecule has 0 spiro atoms. The Kier molecular flexibility index (Phi) is 2.80. The standard InChI is InChI=1S/C6H8N4O2S/c1-3-2-4(10-12-3)5(11)8-9-6(7)13/h2H,1H3,(H,8,11)(H3,7,9,13). The van der Waals surface area contributed by atoms with Gasteiger partial charge in [0.25, 0.3) is 5.91 Å². The van der Waals surface area contributed by atoms with Crippen LogP contribution in [0.3, 0.4) is 0 Å². The average Bonchev–Trinajstić information content (AvgIpc) is 2.47. The summed E-state index contributed by atoms with van der Waals surface area (Å²) < 4.78 is 4.69. The molecule has 1 heterocycles. The normalized spacial score (nSPS) is 9.31. The van der Waals surface area contributed by atoms with E-state index in [2.05, 4.69) is 32.7 Å². The van der Waals surface area contributed by atoms with Crippen LogP contribution in [0.15, 0.2) is 10.6 Å². The minimum atomic E-state index is -0.454. The number of carbonyl (C=O) groups is 1. The highest BCUT2D eigenvalue weighted by atomic mass is 32.1. The van der Waals surface area contributed by atoms with Crippen LogP contribution in [0.5, 0.6) is 0 Å². The van der Waals surface area contributed by atoms with Crippen LogP contribution >= 0.6 is 12.2 Å². The van der Waals surface area contributed by atoms with E-state index in [1.165, 1.54) is 6.07 Å². The number of thiocarbonyl (C=S) groups is 1. The SMILES string of the molecule is Cc1cc(C(=O)NNC(N)=S)no1. The maximum Gasteiger partial charge on any atom is 0.291 e. The van der Waals surface area contributed by atoms with Gasteiger partial charge in [0, 0.05) is 6.07 Å². The van der Waals surface area contributed by atoms with Gasteiger partial charge in [0.2, 0.25) is 0 Å². The van der Waals surface area contributed by atoms with Crippen LogP contribution in [-0.4, -0.2) is 16.2 Å². The lowest BCUT2D eigenvalue weighted by Gasteiger charge is -2.02. The maximum atomic E-state index is 11.2. The van der Waals surface area contributed by atoms with E-state index in [-0.39, 0.29) is 10.8 Å². The molecule has 0 aliphatic rings. The molecule has 1 aromatic rings. The van der Waals surface area contributed by atoms with Crippen LogP contribution in [0, 0.1) is 6.92 Å². The topological polar surface area (TPSA) is 93.2 Å². The quantitative estimate of drug-likeness (QED) is 0.416. The van der Waals surface area contributed by atoms with Crippen molar-refractivity contribution in [2.45, 2.75) is 6.92 Å². The van der Waals surface area contributed by atoms with Crippen molar-refractivity contribution in [3.63, 3.8) is 0 Å². The first kappa shape index (κ1) is 9.46. The molecule has 0 aliphatic heterocycles. The van der Waals surface area contributed by atoms with E-state index in [1.54, 1.807) is 6.92 Å². The van der Waals surface area contributed by atoms with Gasteiger partial charge >= 0.3 is 0 Å². The Balaban J connectivity index is 2.54. The highest BCUT2D eigenvalue weighted by Gasteiger charge is 2.09. The Labute approximate surface area is 79.4 Å². The summed E-state index contributed by atoms with van der Waals surface area (Å²) in [5.41, 5.74) is 9.77. The predicted octanol–water partition coefficient (Wildman–Crippen LogP) is -0.539. The van der Waals surface area contributed by atoms with Gasteiger partial charge in [-0.25, -0.2) is 0 Å². The van der Waals surface area contributed by atoms with E-state index in [0.717, 1.165) is 0 Å². The monoisotopic (exact) mass is 200 g/mol. The van der Waals surface area contributed by atoms with Crippen molar-refractivity contribution in [3.8, 4) is 0 Å². The maximum absolute atomic E-state index is 11.2. The number of nitrogens with zero attached hydrogens (tertiary/aromatic N) is 1. The molecule has 4 N–H and O–H groups in total. The number of amides is 1. The summed E-state index contributed by atoms with van der Waals surface area (Å²) in [5, 5.41) is 3.46. The van der Waals surface area contributed by atoms with Gasteiger partial charge in [-0.05, 0) is 19.1 Å². The van der Waals surface area contributed by atoms with Crippen molar-refractivity contribution >= 4 is 23.2 Å². The summed E-state index contributed by atoms with van der Waals surface area (Å²) in [7, 11) is 0. The highest BCUT2D eigenvalue weighted by Crippen LogP contribution is 1.99. The van der Waals surface area contributed by atoms with Gasteiger partial charge in [-0.3, -0.25) is 15.6 Å². The third-order valence-electron chi connectivity index (χ3n) is 1.16. The van der Waals surface area contributed by atoms with E-state index in [9.17, 15) is 4.79 Å². The van der Waals surface area contributed by atoms with Crippen molar-refractivity contribution in [1.29, 1.82) is 0 Å². The molecule has 70 valence electrons. The summed E-state index contributed by atoms with van der Waals surface area (Å²) in [6, 6.07) is 1.50. The fraction of sp³-hybridized carbons (Fsp3) is 0.167. The lowest BCUT2D eigenvalue weighted by atomic mass is 10.4. The highest BCUT2D eigenvalue weighted by molar-refractivity contribution is 7.80. The molecular formula is C6H8N4O2S. The second-order valence-electron chi connectivity index (χ2n) is 2.27. The second-order valence-corrected chi connectivity index (χ2v) is 2.71. The predicted molar refractivity (Wildman–Crippen MR) is 48.6 cm³/mol. The molecule has 13 heavy (non-hydrogen) atoms. The Hall–Kier alpha value is -1.63. The Bertz CT molecular complexity index is 335. The molecule has 0 atom stereocenters. The molecule has 0 aliphatic carbocycles. The molecule has 0 unspecified atom stereocenters. The van der Waals surface area contributed by atoms with Crippen molar-refractivity contribution in [2.24, 2.45) is 5.73 Å². The number of hydrazine groups is 1. The molecule has 1 rings (SSSR count). The third kappa shape index (κ3) is 2.71. The van der Waals surface area contributed by atoms with E-state index in [4.69, 9.17) is 5.73 Å². The third-order valence-corrected chi connectivity index (χ3v) is 1.26. The van der Waals surface area contributed by atoms with Gasteiger partial charge in [0.05, 0.1) is 0 Å². The fourth-order valence-corrected chi connectivity index (χ4v) is 0.707. The van der Waals surface area contributed by atoms with Gasteiger partial charge < -0.3 is 10.3 Å². The molecule has 0 fully saturated rings. The molecule has 0 radical (unpaired) electrons. The number of nitrogens with one attached hydrogen (secondary N) is 2. The summed E-state index contributed by atoms with van der Waals surface area (Å²) >= 11 is 4.48. The zero-order valence-electron chi connectivity index (χ0n) is 6.83. The Morgan fingerprint density at radius 3 is 2.85 bits per heavy atom. The van der Waals surface area contributed by atoms with Crippen molar-refractivity contribution in [2.75, 3.05) is 0 Å². The number of aromatic nitrogens is 1. The van der Waals surface area contributed by atoms with Crippen LogP contribution in [-0.2, 0) is 0 Å². The van der Waals surface area contributed by atoms with E-state index in [0.29, 0.717) is 5.76 Å². The molecular weight excluding hydrogens is 192 g/mol. The summed E-state index contributed by atoms with van der Waals surface area (Å²) in [6.45, 7) is 1.69. The van der Waals surface area contributed by atoms with Crippen molar-refractivity contribution < 1.29 is 9.32 Å². The number of hydrogen-bond donors (Lipinski definition) is 3. The lowest BCUT2D eigenvalue weighted by Crippen LogP contribution is -2.44. The average molecular weight is 200 g/mol. The number of carbonyl (C=O) groups excluding carboxylic acids is 1. The smallest absolute Gasteiger partial charge is 0.291 e. The summed E-state index contributed by atoms with van der Waals surface area (Å²) in [4.78, 5) is 11.2. The van der Waals surface area contributed by atoms with E-state index in [1.807, 2.05) is 0 Å². The van der Waals surface area contributed by atoms with Crippen LogP contribution in [0.4, 0.5) is 0 Å². The minimum Gasteiger partial charge on any atom is -0.375 e. The molecule has 0 saturated carbocycles. The minimum absolute atomic E-state index is 0.0198. The van der Waals surface area contributed by atoms with Crippen molar-refractivity contribution in [1.82, 2.24) is 16.0 Å². The molecule has 7 heteroatoms. The molecule has 6 nitrogen and oxygen atoms in total. The van der Waals surface area contributed by atoms with Gasteiger partial charge in [-0.2, -0.15) is 0 Å². The second kappa shape index (κ2) is 3.85. The first-order valence-electron chi connectivity index (χ1n) is 3.38. The molecule has 0 saturated heterocycles. The first-order valence-corrected chi connectivity index (χ1v) is 3.79. The fourth-order valence-electron chi connectivity index (χ4n) is 0.656. The molecule has 0 bridgehead atoms. The van der Waals surface area contributed by atoms with Crippen molar-refractivity contribution in [3.05, 3.63) is 17.5 Å². The summed E-state index contributed by atoms with van der Waals surface area (Å²) in [6.07, 6.45) is 0. The molecule has 1 amide bonds. The number of aryl methyl sites for hydroxylation is 1. The van der Waals surface area contributed by atoms with Gasteiger partial charge in [0.1, 0.15) is 5.76 Å². The first-order chi connectivity index (χ1) is 6.09. The van der Waals surface area contributed by atoms with E-state index < -0.39 is 5.91 Å². The number of nitrogens with two attached hydrogens (primary N) is 1. The zero-order valence-corrected chi connectivity index (χ0v) is 7.64. The van der Waals surface area contributed by atoms with Crippen LogP contribution < -0.4 is 16.6 Å². The zero-order chi connectivity index (χ0) is 9.84. The number of hydrogen-bond acceptors (Lipinski definition) is 4. The van der Waals surface area contributed by atoms with Gasteiger partial charge in [-0.15, -0.1) is 0 Å². The van der Waals surface area contributed by atoms with E-state index >= 15 is 0 Å². The largest absolute Gasteiger partial charge is 0.375 e. The Morgan fingerprint density at radius 1 is 1.69 bits per heavy atom. The van der Waals surface area contributed by atoms with Gasteiger partial charge in [0.15, 0.2) is 10.8 Å². The van der Waals surface area contributed by atoms with Gasteiger partial charge in [-0.1, -0.05) is 5.16 Å². The summed E-state index contributed by atoms with van der Waals surface area (Å²) in [5.74, 6) is 0.102. The van der Waals surface area contributed by atoms with Crippen LogP contribution in [0.2, 0.25) is 0 Å². The molecule has 0 aromatic carbocycles.